The zero-order valence-corrected chi connectivity index (χ0v) is 21.7. The molecule has 3 unspecified atom stereocenters. The van der Waals surface area contributed by atoms with Gasteiger partial charge >= 0.3 is 0 Å². The highest BCUT2D eigenvalue weighted by Crippen LogP contribution is 2.43. The van der Waals surface area contributed by atoms with Crippen molar-refractivity contribution in [3.8, 4) is 0 Å². The Morgan fingerprint density at radius 3 is 1.83 bits per heavy atom. The monoisotopic (exact) mass is 419 g/mol. The first-order chi connectivity index (χ1) is 13.9. The number of hydrogen-bond donors (Lipinski definition) is 1. The molecule has 0 spiro atoms. The molecule has 168 valence electrons. The highest BCUT2D eigenvalue weighted by atomic mass is 28.3. The van der Waals surface area contributed by atoms with Crippen LogP contribution in [0, 0.1) is 5.92 Å². The molecule has 1 aliphatic rings. The van der Waals surface area contributed by atoms with E-state index in [1.165, 1.54) is 92.2 Å². The molecule has 0 heterocycles. The zero-order chi connectivity index (χ0) is 21.8. The summed E-state index contributed by atoms with van der Waals surface area (Å²) in [6, 6.07) is 3.15. The number of amides is 1. The fourth-order valence-corrected chi connectivity index (χ4v) is 9.80. The number of unbranched alkanes of at least 4 members (excludes halogenated alkanes) is 6. The summed E-state index contributed by atoms with van der Waals surface area (Å²) in [6.07, 6.45) is 13.1. The van der Waals surface area contributed by atoms with E-state index in [1.54, 1.807) is 0 Å². The van der Waals surface area contributed by atoms with Crippen LogP contribution in [0.1, 0.15) is 106 Å². The van der Waals surface area contributed by atoms with Gasteiger partial charge in [0.25, 0.3) is 0 Å². The minimum Gasteiger partial charge on any atom is -0.352 e. The van der Waals surface area contributed by atoms with Gasteiger partial charge in [-0.3, -0.25) is 4.79 Å². The second kappa shape index (κ2) is 14.2. The second-order valence-electron chi connectivity index (χ2n) is 9.40. The van der Waals surface area contributed by atoms with Gasteiger partial charge in [-0.15, -0.1) is 0 Å². The number of hydrogen-bond acceptors (Lipinski definition) is 1. The maximum absolute atomic E-state index is 11.7. The van der Waals surface area contributed by atoms with Crippen LogP contribution in [0.15, 0.2) is 22.3 Å². The van der Waals surface area contributed by atoms with Crippen LogP contribution in [-0.4, -0.2) is 21.2 Å². The van der Waals surface area contributed by atoms with Crippen LogP contribution in [-0.2, 0) is 4.79 Å². The standard InChI is InChI=1S/C26H49NOSi/c1-8-11-13-15-17-29(18-16-14-12-9-2)24(10-3)26(27-19-28)25-22(6)20(4)21(5)23(25)7/h19,22,24,26,29H,8-18H2,1-7H3,(H,27,28). The number of rotatable bonds is 16. The van der Waals surface area contributed by atoms with E-state index in [-0.39, 0.29) is 6.04 Å². The van der Waals surface area contributed by atoms with Gasteiger partial charge in [0.2, 0.25) is 6.41 Å². The van der Waals surface area contributed by atoms with Crippen molar-refractivity contribution in [2.45, 2.75) is 130 Å². The van der Waals surface area contributed by atoms with Crippen LogP contribution in [0.25, 0.3) is 0 Å². The average Bonchev–Trinajstić information content (AvgIpc) is 2.90. The van der Waals surface area contributed by atoms with Gasteiger partial charge in [0.15, 0.2) is 0 Å². The molecule has 0 aliphatic heterocycles. The number of carbonyl (C=O) groups is 1. The molecule has 2 nitrogen and oxygen atoms in total. The molecule has 0 saturated carbocycles. The van der Waals surface area contributed by atoms with Gasteiger partial charge in [-0.2, -0.15) is 0 Å². The van der Waals surface area contributed by atoms with Crippen molar-refractivity contribution < 1.29 is 4.79 Å². The third-order valence-electron chi connectivity index (χ3n) is 7.65. The van der Waals surface area contributed by atoms with Crippen molar-refractivity contribution in [2.24, 2.45) is 5.92 Å². The highest BCUT2D eigenvalue weighted by molar-refractivity contribution is 6.60. The molecule has 0 aromatic heterocycles. The smallest absolute Gasteiger partial charge is 0.207 e. The summed E-state index contributed by atoms with van der Waals surface area (Å²) in [6.45, 7) is 16.1. The molecule has 0 aromatic carbocycles. The van der Waals surface area contributed by atoms with E-state index in [0.29, 0.717) is 11.5 Å². The molecule has 0 saturated heterocycles. The van der Waals surface area contributed by atoms with Crippen molar-refractivity contribution in [1.82, 2.24) is 5.32 Å². The Morgan fingerprint density at radius 2 is 1.45 bits per heavy atom. The highest BCUT2D eigenvalue weighted by Gasteiger charge is 2.36. The van der Waals surface area contributed by atoms with Crippen LogP contribution in [0.3, 0.4) is 0 Å². The van der Waals surface area contributed by atoms with Gasteiger partial charge in [-0.05, 0) is 43.0 Å². The molecule has 3 heteroatoms. The Hall–Kier alpha value is -0.833. The third kappa shape index (κ3) is 7.42. The van der Waals surface area contributed by atoms with Gasteiger partial charge < -0.3 is 5.32 Å². The maximum Gasteiger partial charge on any atom is 0.207 e. The predicted octanol–water partition coefficient (Wildman–Crippen LogP) is 7.57. The van der Waals surface area contributed by atoms with E-state index in [9.17, 15) is 4.79 Å². The lowest BCUT2D eigenvalue weighted by Gasteiger charge is -2.36. The molecular formula is C26H49NOSi. The first-order valence-electron chi connectivity index (χ1n) is 12.5. The van der Waals surface area contributed by atoms with Crippen LogP contribution < -0.4 is 5.32 Å². The molecule has 0 aromatic rings. The van der Waals surface area contributed by atoms with Gasteiger partial charge in [-0.25, -0.2) is 0 Å². The lowest BCUT2D eigenvalue weighted by Crippen LogP contribution is -2.42. The maximum atomic E-state index is 11.7. The van der Waals surface area contributed by atoms with Crippen molar-refractivity contribution >= 4 is 15.2 Å². The fraction of sp³-hybridized carbons (Fsp3) is 0.808. The average molecular weight is 420 g/mol. The molecule has 1 aliphatic carbocycles. The van der Waals surface area contributed by atoms with E-state index < -0.39 is 8.80 Å². The van der Waals surface area contributed by atoms with Crippen molar-refractivity contribution in [3.63, 3.8) is 0 Å². The topological polar surface area (TPSA) is 29.1 Å². The molecule has 3 atom stereocenters. The Balaban J connectivity index is 3.06. The third-order valence-corrected chi connectivity index (χ3v) is 12.0. The first kappa shape index (κ1) is 26.2. The summed E-state index contributed by atoms with van der Waals surface area (Å²) in [4.78, 5) is 11.7. The molecule has 0 radical (unpaired) electrons. The van der Waals surface area contributed by atoms with Crippen molar-refractivity contribution in [3.05, 3.63) is 22.3 Å². The largest absolute Gasteiger partial charge is 0.352 e. The Kier molecular flexibility index (Phi) is 12.8. The molecule has 0 fully saturated rings. The van der Waals surface area contributed by atoms with Gasteiger partial charge in [-0.1, -0.05) is 103 Å². The van der Waals surface area contributed by atoms with E-state index in [2.05, 4.69) is 53.8 Å². The Labute approximate surface area is 183 Å². The number of nitrogens with one attached hydrogen (secondary N) is 1. The van der Waals surface area contributed by atoms with E-state index in [4.69, 9.17) is 0 Å². The molecule has 0 bridgehead atoms. The number of allylic oxidation sites excluding steroid dienone is 3. The molecule has 29 heavy (non-hydrogen) atoms. The Bertz CT molecular complexity index is 539. The summed E-state index contributed by atoms with van der Waals surface area (Å²) in [7, 11) is -0.949. The molecule has 1 rings (SSSR count). The van der Waals surface area contributed by atoms with Gasteiger partial charge in [0, 0.05) is 14.7 Å². The minimum atomic E-state index is -0.949. The molecular weight excluding hydrogens is 370 g/mol. The van der Waals surface area contributed by atoms with E-state index >= 15 is 0 Å². The lowest BCUT2D eigenvalue weighted by atomic mass is 9.89. The minimum absolute atomic E-state index is 0.244. The van der Waals surface area contributed by atoms with Crippen molar-refractivity contribution in [1.29, 1.82) is 0 Å². The summed E-state index contributed by atoms with van der Waals surface area (Å²) >= 11 is 0. The zero-order valence-electron chi connectivity index (χ0n) is 20.6. The first-order valence-corrected chi connectivity index (χ1v) is 14.8. The summed E-state index contributed by atoms with van der Waals surface area (Å²) in [5.41, 5.74) is 6.57. The summed E-state index contributed by atoms with van der Waals surface area (Å²) in [5, 5.41) is 3.33. The number of carbonyl (C=O) groups excluding carboxylic acids is 1. The van der Waals surface area contributed by atoms with Gasteiger partial charge in [0.1, 0.15) is 0 Å². The quantitative estimate of drug-likeness (QED) is 0.156. The van der Waals surface area contributed by atoms with Crippen LogP contribution in [0.5, 0.6) is 0 Å². The second-order valence-corrected chi connectivity index (χ2v) is 12.9. The van der Waals surface area contributed by atoms with Crippen LogP contribution in [0.4, 0.5) is 0 Å². The van der Waals surface area contributed by atoms with E-state index in [0.717, 1.165) is 6.41 Å². The summed E-state index contributed by atoms with van der Waals surface area (Å²) in [5.74, 6) is 0.469. The summed E-state index contributed by atoms with van der Waals surface area (Å²) < 4.78 is 0. The SMILES string of the molecule is CCCCCC[SiH](CCCCCC)C(CC)C(NC=O)C1=C(C)C(C)=C(C)C1C. The normalized spacial score (nSPS) is 19.2. The Morgan fingerprint density at radius 1 is 0.897 bits per heavy atom. The van der Waals surface area contributed by atoms with Gasteiger partial charge in [0.05, 0.1) is 6.04 Å². The van der Waals surface area contributed by atoms with Crippen LogP contribution >= 0.6 is 0 Å². The molecule has 1 N–H and O–H groups in total. The molecule has 1 amide bonds. The van der Waals surface area contributed by atoms with Crippen LogP contribution in [0.2, 0.25) is 17.6 Å². The van der Waals surface area contributed by atoms with E-state index in [1.807, 2.05) is 0 Å². The lowest BCUT2D eigenvalue weighted by molar-refractivity contribution is -0.110. The van der Waals surface area contributed by atoms with Crippen molar-refractivity contribution in [2.75, 3.05) is 0 Å². The fourth-order valence-electron chi connectivity index (χ4n) is 5.50. The predicted molar refractivity (Wildman–Crippen MR) is 132 cm³/mol.